The van der Waals surface area contributed by atoms with Crippen LogP contribution in [0.15, 0.2) is 54.9 Å². The van der Waals surface area contributed by atoms with E-state index < -0.39 is 0 Å². The fourth-order valence-corrected chi connectivity index (χ4v) is 3.89. The number of rotatable bonds is 3. The number of aromatic nitrogens is 2. The molecule has 1 aromatic carbocycles. The zero-order valence-corrected chi connectivity index (χ0v) is 15.1. The maximum Gasteiger partial charge on any atom is 0.272 e. The van der Waals surface area contributed by atoms with Crippen LogP contribution in [0.4, 0.5) is 0 Å². The van der Waals surface area contributed by atoms with E-state index in [-0.39, 0.29) is 5.91 Å². The van der Waals surface area contributed by atoms with Crippen molar-refractivity contribution in [3.8, 4) is 0 Å². The van der Waals surface area contributed by atoms with E-state index in [2.05, 4.69) is 28.2 Å². The van der Waals surface area contributed by atoms with E-state index in [1.165, 1.54) is 16.3 Å². The van der Waals surface area contributed by atoms with E-state index in [4.69, 9.17) is 0 Å². The number of fused-ring (bicyclic) bond motifs is 1. The molecule has 0 saturated carbocycles. The van der Waals surface area contributed by atoms with Crippen molar-refractivity contribution in [1.29, 1.82) is 0 Å². The van der Waals surface area contributed by atoms with Crippen LogP contribution >= 0.6 is 0 Å². The molecule has 26 heavy (non-hydrogen) atoms. The molecule has 4 heteroatoms. The lowest BCUT2D eigenvalue weighted by atomic mass is 9.90. The number of hydrogen-bond donors (Lipinski definition) is 0. The molecule has 132 valence electrons. The molecule has 1 aliphatic rings. The number of likely N-dealkylation sites (tertiary alicyclic amines) is 1. The summed E-state index contributed by atoms with van der Waals surface area (Å²) in [6, 6.07) is 14.0. The maximum absolute atomic E-state index is 12.8. The molecular weight excluding hydrogens is 322 g/mol. The van der Waals surface area contributed by atoms with Gasteiger partial charge in [0.25, 0.3) is 5.91 Å². The molecule has 0 unspecified atom stereocenters. The van der Waals surface area contributed by atoms with Crippen LogP contribution < -0.4 is 0 Å². The van der Waals surface area contributed by atoms with Crippen LogP contribution in [0.5, 0.6) is 0 Å². The summed E-state index contributed by atoms with van der Waals surface area (Å²) < 4.78 is 0. The summed E-state index contributed by atoms with van der Waals surface area (Å²) in [7, 11) is 0. The lowest BCUT2D eigenvalue weighted by Crippen LogP contribution is -2.40. The van der Waals surface area contributed by atoms with Crippen LogP contribution in [-0.4, -0.2) is 33.9 Å². The van der Waals surface area contributed by atoms with Crippen LogP contribution in [0, 0.1) is 12.8 Å². The second-order valence-electron chi connectivity index (χ2n) is 7.15. The molecule has 3 heterocycles. The molecule has 4 rings (SSSR count). The third-order valence-corrected chi connectivity index (χ3v) is 5.17. The Morgan fingerprint density at radius 3 is 2.92 bits per heavy atom. The maximum atomic E-state index is 12.8. The highest BCUT2D eigenvalue weighted by Crippen LogP contribution is 2.25. The monoisotopic (exact) mass is 345 g/mol. The normalized spacial score (nSPS) is 17.4. The highest BCUT2D eigenvalue weighted by atomic mass is 16.2. The molecule has 0 N–H and O–H groups in total. The number of aryl methyl sites for hydroxylation is 1. The standard InChI is InChI=1S/C22H23N3O/c1-16-6-4-10-21(24-16)22(26)25-11-5-7-17(15-25)12-19-14-23-13-18-8-2-3-9-20(18)19/h2-4,6,8-10,13-14,17H,5,7,11-12,15H2,1H3/t17-/m1/s1. The minimum Gasteiger partial charge on any atom is -0.337 e. The topological polar surface area (TPSA) is 46.1 Å². The molecule has 1 saturated heterocycles. The first kappa shape index (κ1) is 16.7. The van der Waals surface area contributed by atoms with E-state index in [1.807, 2.05) is 48.5 Å². The zero-order chi connectivity index (χ0) is 17.9. The molecule has 1 amide bonds. The van der Waals surface area contributed by atoms with Crippen molar-refractivity contribution in [3.05, 3.63) is 71.8 Å². The molecule has 0 bridgehead atoms. The Kier molecular flexibility index (Phi) is 4.65. The number of nitrogens with zero attached hydrogens (tertiary/aromatic N) is 3. The average molecular weight is 345 g/mol. The highest BCUT2D eigenvalue weighted by Gasteiger charge is 2.25. The largest absolute Gasteiger partial charge is 0.337 e. The van der Waals surface area contributed by atoms with Gasteiger partial charge in [-0.3, -0.25) is 9.78 Å². The second-order valence-corrected chi connectivity index (χ2v) is 7.15. The van der Waals surface area contributed by atoms with Crippen molar-refractivity contribution in [1.82, 2.24) is 14.9 Å². The van der Waals surface area contributed by atoms with Crippen molar-refractivity contribution in [3.63, 3.8) is 0 Å². The van der Waals surface area contributed by atoms with Gasteiger partial charge < -0.3 is 4.90 Å². The van der Waals surface area contributed by atoms with Crippen LogP contribution in [0.3, 0.4) is 0 Å². The van der Waals surface area contributed by atoms with Gasteiger partial charge in [-0.05, 0) is 55.2 Å². The molecule has 4 nitrogen and oxygen atoms in total. The quantitative estimate of drug-likeness (QED) is 0.720. The van der Waals surface area contributed by atoms with Gasteiger partial charge in [-0.25, -0.2) is 4.98 Å². The Bertz CT molecular complexity index is 932. The van der Waals surface area contributed by atoms with Crippen molar-refractivity contribution in [2.24, 2.45) is 5.92 Å². The summed E-state index contributed by atoms with van der Waals surface area (Å²) in [6.07, 6.45) is 7.04. The summed E-state index contributed by atoms with van der Waals surface area (Å²) in [5.74, 6) is 0.513. The molecule has 1 aliphatic heterocycles. The van der Waals surface area contributed by atoms with Crippen LogP contribution in [0.2, 0.25) is 0 Å². The predicted molar refractivity (Wildman–Crippen MR) is 103 cm³/mol. The summed E-state index contributed by atoms with van der Waals surface area (Å²) in [5, 5.41) is 2.45. The summed E-state index contributed by atoms with van der Waals surface area (Å²) in [6.45, 7) is 3.53. The Labute approximate surface area is 153 Å². The van der Waals surface area contributed by atoms with Gasteiger partial charge in [0.15, 0.2) is 0 Å². The lowest BCUT2D eigenvalue weighted by molar-refractivity contribution is 0.0667. The minimum absolute atomic E-state index is 0.0504. The Morgan fingerprint density at radius 1 is 1.15 bits per heavy atom. The Hall–Kier alpha value is -2.75. The number of pyridine rings is 2. The van der Waals surface area contributed by atoms with Crippen LogP contribution in [0.1, 0.15) is 34.6 Å². The third-order valence-electron chi connectivity index (χ3n) is 5.17. The number of carbonyl (C=O) groups excluding carboxylic acids is 1. The highest BCUT2D eigenvalue weighted by molar-refractivity contribution is 5.92. The van der Waals surface area contributed by atoms with Crippen molar-refractivity contribution < 1.29 is 4.79 Å². The summed E-state index contributed by atoms with van der Waals surface area (Å²) in [5.41, 5.74) is 2.71. The van der Waals surface area contributed by atoms with Crippen LogP contribution in [0.25, 0.3) is 10.8 Å². The number of amides is 1. The minimum atomic E-state index is 0.0504. The first-order valence-corrected chi connectivity index (χ1v) is 9.25. The van der Waals surface area contributed by atoms with Gasteiger partial charge >= 0.3 is 0 Å². The van der Waals surface area contributed by atoms with E-state index in [0.29, 0.717) is 11.6 Å². The van der Waals surface area contributed by atoms with Crippen molar-refractivity contribution in [2.75, 3.05) is 13.1 Å². The molecule has 1 fully saturated rings. The lowest BCUT2D eigenvalue weighted by Gasteiger charge is -2.33. The number of piperidine rings is 1. The van der Waals surface area contributed by atoms with Crippen molar-refractivity contribution >= 4 is 16.7 Å². The molecule has 0 aliphatic carbocycles. The number of carbonyl (C=O) groups is 1. The van der Waals surface area contributed by atoms with Gasteiger partial charge in [0.05, 0.1) is 0 Å². The fraction of sp³-hybridized carbons (Fsp3) is 0.318. The third kappa shape index (κ3) is 3.45. The van der Waals surface area contributed by atoms with E-state index in [9.17, 15) is 4.79 Å². The van der Waals surface area contributed by atoms with Gasteiger partial charge in [-0.2, -0.15) is 0 Å². The van der Waals surface area contributed by atoms with E-state index >= 15 is 0 Å². The van der Waals surface area contributed by atoms with Gasteiger partial charge in [0, 0.05) is 36.6 Å². The number of hydrogen-bond acceptors (Lipinski definition) is 3. The van der Waals surface area contributed by atoms with Gasteiger partial charge in [-0.15, -0.1) is 0 Å². The molecule has 1 atom stereocenters. The van der Waals surface area contributed by atoms with Crippen LogP contribution in [-0.2, 0) is 6.42 Å². The molecular formula is C22H23N3O. The molecule has 3 aromatic rings. The zero-order valence-electron chi connectivity index (χ0n) is 15.1. The van der Waals surface area contributed by atoms with Gasteiger partial charge in [-0.1, -0.05) is 30.3 Å². The number of benzene rings is 1. The van der Waals surface area contributed by atoms with Crippen molar-refractivity contribution in [2.45, 2.75) is 26.2 Å². The predicted octanol–water partition coefficient (Wildman–Crippen LogP) is 4.03. The molecule has 0 radical (unpaired) electrons. The van der Waals surface area contributed by atoms with E-state index in [0.717, 1.165) is 38.0 Å². The Balaban J connectivity index is 1.51. The molecule has 0 spiro atoms. The summed E-state index contributed by atoms with van der Waals surface area (Å²) in [4.78, 5) is 23.6. The first-order valence-electron chi connectivity index (χ1n) is 9.25. The average Bonchev–Trinajstić information content (AvgIpc) is 2.68. The fourth-order valence-electron chi connectivity index (χ4n) is 3.89. The smallest absolute Gasteiger partial charge is 0.272 e. The Morgan fingerprint density at radius 2 is 2.04 bits per heavy atom. The van der Waals surface area contributed by atoms with Gasteiger partial charge in [0.1, 0.15) is 5.69 Å². The van der Waals surface area contributed by atoms with E-state index in [1.54, 1.807) is 0 Å². The first-order chi connectivity index (χ1) is 12.7. The molecule has 2 aromatic heterocycles. The summed E-state index contributed by atoms with van der Waals surface area (Å²) >= 11 is 0. The second kappa shape index (κ2) is 7.24. The SMILES string of the molecule is Cc1cccc(C(=O)N2CCC[C@H](Cc3cncc4ccccc34)C2)n1. The van der Waals surface area contributed by atoms with Gasteiger partial charge in [0.2, 0.25) is 0 Å².